The summed E-state index contributed by atoms with van der Waals surface area (Å²) < 4.78 is 13.6. The smallest absolute Gasteiger partial charge is 0.142 e. The van der Waals surface area contributed by atoms with Crippen LogP contribution in [0.25, 0.3) is 22.4 Å². The average molecular weight is 345 g/mol. The Morgan fingerprint density at radius 3 is 2.42 bits per heavy atom. The van der Waals surface area contributed by atoms with Gasteiger partial charge in [-0.05, 0) is 41.7 Å². The Hall–Kier alpha value is -3.19. The predicted octanol–water partition coefficient (Wildman–Crippen LogP) is 5.21. The number of pyridine rings is 1. The van der Waals surface area contributed by atoms with E-state index in [2.05, 4.69) is 37.0 Å². The lowest BCUT2D eigenvalue weighted by Gasteiger charge is -2.11. The molecule has 3 nitrogen and oxygen atoms in total. The van der Waals surface area contributed by atoms with Gasteiger partial charge in [0.15, 0.2) is 0 Å². The fourth-order valence-electron chi connectivity index (χ4n) is 3.00. The molecule has 0 radical (unpaired) electrons. The van der Waals surface area contributed by atoms with Gasteiger partial charge in [-0.15, -0.1) is 0 Å². The van der Waals surface area contributed by atoms with Gasteiger partial charge in [0.25, 0.3) is 0 Å². The summed E-state index contributed by atoms with van der Waals surface area (Å²) in [4.78, 5) is 4.37. The van der Waals surface area contributed by atoms with Crippen LogP contribution < -0.4 is 5.73 Å². The molecule has 0 bridgehead atoms. The van der Waals surface area contributed by atoms with E-state index in [-0.39, 0.29) is 17.2 Å². The molecule has 0 fully saturated rings. The van der Waals surface area contributed by atoms with Gasteiger partial charge in [0.05, 0.1) is 5.69 Å². The zero-order chi connectivity index (χ0) is 18.7. The van der Waals surface area contributed by atoms with Gasteiger partial charge in [0, 0.05) is 11.1 Å². The lowest BCUT2D eigenvalue weighted by atomic mass is 9.97. The van der Waals surface area contributed by atoms with Crippen molar-refractivity contribution >= 4 is 5.82 Å². The molecule has 0 atom stereocenters. The number of nitrogen functional groups attached to an aromatic ring is 1. The first-order chi connectivity index (χ1) is 12.5. The number of nitrogens with two attached hydrogens (primary N) is 1. The highest BCUT2D eigenvalue weighted by molar-refractivity contribution is 5.80. The Balaban J connectivity index is 2.08. The van der Waals surface area contributed by atoms with Crippen LogP contribution in [0.1, 0.15) is 25.0 Å². The molecule has 3 rings (SSSR count). The van der Waals surface area contributed by atoms with Crippen LogP contribution in [-0.2, 0) is 6.42 Å². The zero-order valence-electron chi connectivity index (χ0n) is 14.8. The van der Waals surface area contributed by atoms with Crippen molar-refractivity contribution in [2.45, 2.75) is 20.3 Å². The van der Waals surface area contributed by atoms with E-state index >= 15 is 0 Å². The minimum absolute atomic E-state index is 0.149. The minimum Gasteiger partial charge on any atom is -0.383 e. The normalized spacial score (nSPS) is 10.7. The quantitative estimate of drug-likeness (QED) is 0.706. The fourth-order valence-corrected chi connectivity index (χ4v) is 3.00. The lowest BCUT2D eigenvalue weighted by Crippen LogP contribution is -2.00. The van der Waals surface area contributed by atoms with Crippen LogP contribution in [0.15, 0.2) is 54.6 Å². The second-order valence-electron chi connectivity index (χ2n) is 6.73. The number of nitrogens with zero attached hydrogens (tertiary/aromatic N) is 2. The van der Waals surface area contributed by atoms with Crippen LogP contribution in [-0.4, -0.2) is 4.98 Å². The standard InChI is InChI=1S/C22H20FN3/c1-14(2)10-15-6-8-16(9-7-15)21-12-19(20(13-24)22(25)26-21)17-4-3-5-18(23)11-17/h3-9,11-12,14H,10H2,1-2H3,(H2,25,26). The molecule has 0 aliphatic heterocycles. The summed E-state index contributed by atoms with van der Waals surface area (Å²) in [7, 11) is 0. The number of nitriles is 1. The van der Waals surface area contributed by atoms with Gasteiger partial charge in [-0.2, -0.15) is 5.26 Å². The van der Waals surface area contributed by atoms with Crippen LogP contribution in [0.5, 0.6) is 0 Å². The van der Waals surface area contributed by atoms with Crippen molar-refractivity contribution in [2.24, 2.45) is 5.92 Å². The molecule has 0 spiro atoms. The van der Waals surface area contributed by atoms with Crippen LogP contribution in [0.3, 0.4) is 0 Å². The van der Waals surface area contributed by atoms with E-state index in [0.29, 0.717) is 22.7 Å². The van der Waals surface area contributed by atoms with Crippen molar-refractivity contribution in [3.63, 3.8) is 0 Å². The topological polar surface area (TPSA) is 62.7 Å². The molecule has 0 unspecified atom stereocenters. The monoisotopic (exact) mass is 345 g/mol. The third-order valence-corrected chi connectivity index (χ3v) is 4.19. The van der Waals surface area contributed by atoms with Gasteiger partial charge in [0.2, 0.25) is 0 Å². The van der Waals surface area contributed by atoms with Crippen molar-refractivity contribution in [3.8, 4) is 28.5 Å². The molecule has 0 saturated heterocycles. The molecule has 3 aromatic rings. The maximum atomic E-state index is 13.6. The average Bonchev–Trinajstić information content (AvgIpc) is 2.61. The van der Waals surface area contributed by atoms with Gasteiger partial charge in [-0.3, -0.25) is 0 Å². The van der Waals surface area contributed by atoms with Crippen molar-refractivity contribution < 1.29 is 4.39 Å². The second-order valence-corrected chi connectivity index (χ2v) is 6.73. The molecule has 1 heterocycles. The number of hydrogen-bond donors (Lipinski definition) is 1. The Morgan fingerprint density at radius 2 is 1.81 bits per heavy atom. The Morgan fingerprint density at radius 1 is 1.08 bits per heavy atom. The van der Waals surface area contributed by atoms with Crippen LogP contribution in [0, 0.1) is 23.1 Å². The van der Waals surface area contributed by atoms with Crippen LogP contribution >= 0.6 is 0 Å². The molecule has 0 aliphatic rings. The van der Waals surface area contributed by atoms with E-state index in [4.69, 9.17) is 5.73 Å². The number of hydrogen-bond acceptors (Lipinski definition) is 3. The molecule has 4 heteroatoms. The largest absolute Gasteiger partial charge is 0.383 e. The molecule has 0 saturated carbocycles. The first-order valence-corrected chi connectivity index (χ1v) is 8.54. The van der Waals surface area contributed by atoms with E-state index in [9.17, 15) is 9.65 Å². The predicted molar refractivity (Wildman–Crippen MR) is 103 cm³/mol. The third-order valence-electron chi connectivity index (χ3n) is 4.19. The minimum atomic E-state index is -0.360. The summed E-state index contributed by atoms with van der Waals surface area (Å²) in [6.45, 7) is 4.37. The van der Waals surface area contributed by atoms with Crippen LogP contribution in [0.4, 0.5) is 10.2 Å². The first-order valence-electron chi connectivity index (χ1n) is 8.54. The molecule has 130 valence electrons. The Kier molecular flexibility index (Phi) is 4.99. The number of halogens is 1. The van der Waals surface area contributed by atoms with Crippen molar-refractivity contribution in [1.29, 1.82) is 5.26 Å². The molecular weight excluding hydrogens is 325 g/mol. The third kappa shape index (κ3) is 3.73. The van der Waals surface area contributed by atoms with Crippen molar-refractivity contribution in [2.75, 3.05) is 5.73 Å². The van der Waals surface area contributed by atoms with Gasteiger partial charge in [-0.25, -0.2) is 9.37 Å². The van der Waals surface area contributed by atoms with Gasteiger partial charge in [0.1, 0.15) is 23.3 Å². The fraction of sp³-hybridized carbons (Fsp3) is 0.182. The Bertz CT molecular complexity index is 970. The summed E-state index contributed by atoms with van der Waals surface area (Å²) in [5.41, 5.74) is 10.3. The van der Waals surface area contributed by atoms with Gasteiger partial charge < -0.3 is 5.73 Å². The molecule has 2 aromatic carbocycles. The van der Waals surface area contributed by atoms with E-state index < -0.39 is 0 Å². The summed E-state index contributed by atoms with van der Waals surface area (Å²) in [5.74, 6) is 0.376. The maximum Gasteiger partial charge on any atom is 0.142 e. The van der Waals surface area contributed by atoms with Gasteiger partial charge in [-0.1, -0.05) is 50.2 Å². The van der Waals surface area contributed by atoms with E-state index in [1.807, 2.05) is 12.1 Å². The second kappa shape index (κ2) is 7.37. The highest BCUT2D eigenvalue weighted by Gasteiger charge is 2.14. The molecular formula is C22H20FN3. The highest BCUT2D eigenvalue weighted by atomic mass is 19.1. The molecule has 0 amide bonds. The van der Waals surface area contributed by atoms with E-state index in [0.717, 1.165) is 12.0 Å². The maximum absolute atomic E-state index is 13.6. The van der Waals surface area contributed by atoms with Crippen LogP contribution in [0.2, 0.25) is 0 Å². The molecule has 0 aliphatic carbocycles. The summed E-state index contributed by atoms with van der Waals surface area (Å²) in [6, 6.07) is 18.2. The SMILES string of the molecule is CC(C)Cc1ccc(-c2cc(-c3cccc(F)c3)c(C#N)c(N)n2)cc1. The number of aromatic nitrogens is 1. The first kappa shape index (κ1) is 17.6. The summed E-state index contributed by atoms with van der Waals surface area (Å²) >= 11 is 0. The van der Waals surface area contributed by atoms with Gasteiger partial charge >= 0.3 is 0 Å². The Labute approximate surface area is 152 Å². The highest BCUT2D eigenvalue weighted by Crippen LogP contribution is 2.31. The number of anilines is 1. The van der Waals surface area contributed by atoms with Crippen molar-refractivity contribution in [1.82, 2.24) is 4.98 Å². The molecule has 1 aromatic heterocycles. The zero-order valence-corrected chi connectivity index (χ0v) is 14.8. The molecule has 26 heavy (non-hydrogen) atoms. The van der Waals surface area contributed by atoms with E-state index in [1.54, 1.807) is 18.2 Å². The van der Waals surface area contributed by atoms with Crippen molar-refractivity contribution in [3.05, 3.63) is 71.5 Å². The number of rotatable bonds is 4. The molecule has 2 N–H and O–H groups in total. The summed E-state index contributed by atoms with van der Waals surface area (Å²) in [6.07, 6.45) is 1.01. The lowest BCUT2D eigenvalue weighted by molar-refractivity contribution is 0.628. The van der Waals surface area contributed by atoms with E-state index in [1.165, 1.54) is 17.7 Å². The summed E-state index contributed by atoms with van der Waals surface area (Å²) in [5, 5.41) is 9.45. The number of benzene rings is 2.